The lowest BCUT2D eigenvalue weighted by atomic mass is 9.94. The van der Waals surface area contributed by atoms with Crippen LogP contribution < -0.4 is 0 Å². The Hall–Kier alpha value is -1.44. The molecular weight excluding hydrogens is 278 g/mol. The molecule has 1 saturated heterocycles. The first-order chi connectivity index (χ1) is 9.67. The number of hydrogen-bond donors (Lipinski definition) is 2. The number of fused-ring (bicyclic) bond motifs is 1. The molecule has 20 heavy (non-hydrogen) atoms. The van der Waals surface area contributed by atoms with Crippen molar-refractivity contribution in [2.24, 2.45) is 5.92 Å². The molecule has 1 aliphatic rings. The summed E-state index contributed by atoms with van der Waals surface area (Å²) in [6.45, 7) is 0.857. The third-order valence-corrected chi connectivity index (χ3v) is 4.55. The highest BCUT2D eigenvalue weighted by Crippen LogP contribution is 2.18. The summed E-state index contributed by atoms with van der Waals surface area (Å²) in [4.78, 5) is 19.1. The number of carbonyl (C=O) groups is 1. The third kappa shape index (κ3) is 2.56. The number of β-amino-alcohol motifs (C(OH)–C–C–N with tert-alkyl or cyclic N) is 1. The molecule has 3 heterocycles. The normalized spacial score (nSPS) is 23.4. The van der Waals surface area contributed by atoms with Gasteiger partial charge in [-0.1, -0.05) is 0 Å². The SMILES string of the molecule is O=C(Cc1cn2ccsc2n1)N1CC[C@@H](CO)[C@H](O)C1. The van der Waals surface area contributed by atoms with Crippen LogP contribution in [0.25, 0.3) is 4.96 Å². The van der Waals surface area contributed by atoms with E-state index in [0.29, 0.717) is 19.5 Å². The minimum absolute atomic E-state index is 0.0220. The Morgan fingerprint density at radius 2 is 2.40 bits per heavy atom. The van der Waals surface area contributed by atoms with Crippen molar-refractivity contribution in [3.63, 3.8) is 0 Å². The molecule has 2 aromatic heterocycles. The van der Waals surface area contributed by atoms with Crippen LogP contribution >= 0.6 is 11.3 Å². The van der Waals surface area contributed by atoms with Gasteiger partial charge >= 0.3 is 0 Å². The van der Waals surface area contributed by atoms with Crippen LogP contribution in [0.4, 0.5) is 0 Å². The number of carbonyl (C=O) groups excluding carboxylic acids is 1. The van der Waals surface area contributed by atoms with Crippen molar-refractivity contribution in [1.29, 1.82) is 0 Å². The second-order valence-electron chi connectivity index (χ2n) is 5.14. The number of piperidine rings is 1. The Kier molecular flexibility index (Phi) is 3.73. The third-order valence-electron chi connectivity index (χ3n) is 3.78. The highest BCUT2D eigenvalue weighted by atomic mass is 32.1. The zero-order valence-electron chi connectivity index (χ0n) is 11.0. The number of nitrogens with zero attached hydrogens (tertiary/aromatic N) is 3. The summed E-state index contributed by atoms with van der Waals surface area (Å²) in [6, 6.07) is 0. The molecule has 108 valence electrons. The van der Waals surface area contributed by atoms with Crippen molar-refractivity contribution in [3.05, 3.63) is 23.5 Å². The summed E-state index contributed by atoms with van der Waals surface area (Å²) in [5.74, 6) is -0.136. The Labute approximate surface area is 120 Å². The molecule has 0 unspecified atom stereocenters. The van der Waals surface area contributed by atoms with Crippen LogP contribution in [-0.4, -0.2) is 56.2 Å². The second kappa shape index (κ2) is 5.51. The molecule has 1 amide bonds. The largest absolute Gasteiger partial charge is 0.396 e. The van der Waals surface area contributed by atoms with Gasteiger partial charge in [-0.2, -0.15) is 0 Å². The van der Waals surface area contributed by atoms with Gasteiger partial charge in [0.05, 0.1) is 18.2 Å². The lowest BCUT2D eigenvalue weighted by Crippen LogP contribution is -2.48. The van der Waals surface area contributed by atoms with Crippen molar-refractivity contribution in [1.82, 2.24) is 14.3 Å². The molecule has 0 aliphatic carbocycles. The fraction of sp³-hybridized carbons (Fsp3) is 0.538. The van der Waals surface area contributed by atoms with E-state index in [1.807, 2.05) is 22.2 Å². The molecule has 0 radical (unpaired) electrons. The summed E-state index contributed by atoms with van der Waals surface area (Å²) in [6.07, 6.45) is 4.04. The van der Waals surface area contributed by atoms with E-state index in [2.05, 4.69) is 4.98 Å². The summed E-state index contributed by atoms with van der Waals surface area (Å²) in [5.41, 5.74) is 0.751. The molecule has 2 N–H and O–H groups in total. The van der Waals surface area contributed by atoms with Gasteiger partial charge in [0.25, 0.3) is 0 Å². The van der Waals surface area contributed by atoms with Gasteiger partial charge in [-0.05, 0) is 6.42 Å². The number of aromatic nitrogens is 2. The Bertz CT molecular complexity index is 580. The maximum atomic E-state index is 12.2. The molecule has 0 spiro atoms. The smallest absolute Gasteiger partial charge is 0.228 e. The minimum Gasteiger partial charge on any atom is -0.396 e. The van der Waals surface area contributed by atoms with Crippen LogP contribution in [0.3, 0.4) is 0 Å². The molecule has 0 aromatic carbocycles. The second-order valence-corrected chi connectivity index (χ2v) is 6.01. The Morgan fingerprint density at radius 3 is 3.10 bits per heavy atom. The number of hydrogen-bond acceptors (Lipinski definition) is 5. The van der Waals surface area contributed by atoms with E-state index in [9.17, 15) is 9.90 Å². The van der Waals surface area contributed by atoms with E-state index in [0.717, 1.165) is 10.7 Å². The molecule has 1 aliphatic heterocycles. The van der Waals surface area contributed by atoms with Gasteiger partial charge in [-0.3, -0.25) is 9.20 Å². The predicted molar refractivity (Wildman–Crippen MR) is 74.6 cm³/mol. The zero-order valence-corrected chi connectivity index (χ0v) is 11.8. The van der Waals surface area contributed by atoms with E-state index in [4.69, 9.17) is 5.11 Å². The van der Waals surface area contributed by atoms with Gasteiger partial charge < -0.3 is 15.1 Å². The molecule has 2 atom stereocenters. The fourth-order valence-corrected chi connectivity index (χ4v) is 3.27. The van der Waals surface area contributed by atoms with Crippen molar-refractivity contribution in [2.45, 2.75) is 18.9 Å². The molecule has 0 saturated carbocycles. The topological polar surface area (TPSA) is 78.1 Å². The molecule has 1 fully saturated rings. The summed E-state index contributed by atoms with van der Waals surface area (Å²) < 4.78 is 1.90. The minimum atomic E-state index is -0.636. The number of imidazole rings is 1. The quantitative estimate of drug-likeness (QED) is 0.844. The van der Waals surface area contributed by atoms with E-state index < -0.39 is 6.10 Å². The zero-order chi connectivity index (χ0) is 14.1. The number of rotatable bonds is 3. The molecule has 7 heteroatoms. The maximum absolute atomic E-state index is 12.2. The van der Waals surface area contributed by atoms with Crippen molar-refractivity contribution in [3.8, 4) is 0 Å². The first-order valence-corrected chi connectivity index (χ1v) is 7.53. The van der Waals surface area contributed by atoms with E-state index in [1.165, 1.54) is 11.3 Å². The van der Waals surface area contributed by atoms with Crippen molar-refractivity contribution in [2.75, 3.05) is 19.7 Å². The first kappa shape index (κ1) is 13.5. The molecule has 3 rings (SSSR count). The van der Waals surface area contributed by atoms with E-state index >= 15 is 0 Å². The van der Waals surface area contributed by atoms with Crippen molar-refractivity contribution < 1.29 is 15.0 Å². The monoisotopic (exact) mass is 295 g/mol. The molecule has 6 nitrogen and oxygen atoms in total. The van der Waals surface area contributed by atoms with Crippen LogP contribution in [-0.2, 0) is 11.2 Å². The highest BCUT2D eigenvalue weighted by molar-refractivity contribution is 7.15. The fourth-order valence-electron chi connectivity index (χ4n) is 2.55. The first-order valence-electron chi connectivity index (χ1n) is 6.65. The Morgan fingerprint density at radius 1 is 1.55 bits per heavy atom. The van der Waals surface area contributed by atoms with E-state index in [1.54, 1.807) is 4.90 Å². The number of thiazole rings is 1. The maximum Gasteiger partial charge on any atom is 0.228 e. The summed E-state index contributed by atoms with van der Waals surface area (Å²) >= 11 is 1.53. The standard InChI is InChI=1S/C13H17N3O3S/c17-8-9-1-2-15(7-11(9)18)12(19)5-10-6-16-3-4-20-13(16)14-10/h3-4,6,9,11,17-18H,1-2,5,7-8H2/t9-,11+/m0/s1. The van der Waals surface area contributed by atoms with Crippen LogP contribution in [0.1, 0.15) is 12.1 Å². The van der Waals surface area contributed by atoms with Gasteiger partial charge in [0.1, 0.15) is 0 Å². The number of aliphatic hydroxyl groups excluding tert-OH is 2. The van der Waals surface area contributed by atoms with Gasteiger partial charge in [-0.15, -0.1) is 11.3 Å². The van der Waals surface area contributed by atoms with Gasteiger partial charge in [0.15, 0.2) is 4.96 Å². The van der Waals surface area contributed by atoms with Crippen LogP contribution in [0.15, 0.2) is 17.8 Å². The lowest BCUT2D eigenvalue weighted by molar-refractivity contribution is -0.135. The molecule has 2 aromatic rings. The summed E-state index contributed by atoms with van der Waals surface area (Å²) in [5, 5.41) is 20.9. The molecule has 0 bridgehead atoms. The number of likely N-dealkylation sites (tertiary alicyclic amines) is 1. The number of amides is 1. The number of aliphatic hydroxyl groups is 2. The van der Waals surface area contributed by atoms with E-state index in [-0.39, 0.29) is 24.9 Å². The van der Waals surface area contributed by atoms with Gasteiger partial charge in [0.2, 0.25) is 5.91 Å². The summed E-state index contributed by atoms with van der Waals surface area (Å²) in [7, 11) is 0. The molecular formula is C13H17N3O3S. The van der Waals surface area contributed by atoms with Crippen LogP contribution in [0, 0.1) is 5.92 Å². The van der Waals surface area contributed by atoms with Crippen LogP contribution in [0.2, 0.25) is 0 Å². The van der Waals surface area contributed by atoms with Crippen LogP contribution in [0.5, 0.6) is 0 Å². The average molecular weight is 295 g/mol. The Balaban J connectivity index is 1.63. The van der Waals surface area contributed by atoms with Crippen molar-refractivity contribution >= 4 is 22.2 Å². The highest BCUT2D eigenvalue weighted by Gasteiger charge is 2.29. The van der Waals surface area contributed by atoms with Gasteiger partial charge in [-0.25, -0.2) is 4.98 Å². The predicted octanol–water partition coefficient (Wildman–Crippen LogP) is 0.140. The van der Waals surface area contributed by atoms with Gasteiger partial charge in [0, 0.05) is 43.4 Å². The lowest BCUT2D eigenvalue weighted by Gasteiger charge is -2.35. The average Bonchev–Trinajstić information content (AvgIpc) is 2.99.